The van der Waals surface area contributed by atoms with Crippen LogP contribution < -0.4 is 0 Å². The standard InChI is InChI=1S/C19H25NO4/c1-19(2,3)24-17(21)10-9-16(18-20-11-12-23-18)15-8-6-5-7-14(15)13-22-4/h5-8,11-12,16H,9-10,13H2,1-4H3. The second kappa shape index (κ2) is 8.11. The van der Waals surface area contributed by atoms with Crippen molar-refractivity contribution in [3.8, 4) is 0 Å². The van der Waals surface area contributed by atoms with Gasteiger partial charge in [-0.2, -0.15) is 0 Å². The van der Waals surface area contributed by atoms with Gasteiger partial charge in [0.2, 0.25) is 5.89 Å². The van der Waals surface area contributed by atoms with Gasteiger partial charge in [0.05, 0.1) is 18.7 Å². The minimum Gasteiger partial charge on any atom is -0.460 e. The topological polar surface area (TPSA) is 61.6 Å². The first-order valence-corrected chi connectivity index (χ1v) is 8.08. The van der Waals surface area contributed by atoms with Gasteiger partial charge in [0.25, 0.3) is 0 Å². The van der Waals surface area contributed by atoms with Crippen LogP contribution in [-0.2, 0) is 20.9 Å². The SMILES string of the molecule is COCc1ccccc1C(CCC(=O)OC(C)(C)C)c1ncco1. The fourth-order valence-corrected chi connectivity index (χ4v) is 2.63. The molecule has 0 saturated carbocycles. The monoisotopic (exact) mass is 331 g/mol. The molecule has 0 saturated heterocycles. The van der Waals surface area contributed by atoms with E-state index in [4.69, 9.17) is 13.9 Å². The molecule has 0 radical (unpaired) electrons. The Morgan fingerprint density at radius 2 is 2.04 bits per heavy atom. The van der Waals surface area contributed by atoms with Crippen LogP contribution in [-0.4, -0.2) is 23.7 Å². The molecule has 1 aromatic carbocycles. The Morgan fingerprint density at radius 3 is 2.67 bits per heavy atom. The molecule has 0 aliphatic rings. The third-order valence-electron chi connectivity index (χ3n) is 3.54. The molecule has 2 aromatic rings. The summed E-state index contributed by atoms with van der Waals surface area (Å²) in [4.78, 5) is 16.4. The van der Waals surface area contributed by atoms with E-state index in [0.717, 1.165) is 11.1 Å². The van der Waals surface area contributed by atoms with Crippen molar-refractivity contribution in [2.24, 2.45) is 0 Å². The summed E-state index contributed by atoms with van der Waals surface area (Å²) in [6.45, 7) is 6.10. The van der Waals surface area contributed by atoms with Crippen LogP contribution in [0.1, 0.15) is 56.5 Å². The van der Waals surface area contributed by atoms with Gasteiger partial charge in [0.1, 0.15) is 11.9 Å². The van der Waals surface area contributed by atoms with Gasteiger partial charge in [0, 0.05) is 13.5 Å². The summed E-state index contributed by atoms with van der Waals surface area (Å²) in [5.74, 6) is 0.268. The molecule has 0 aliphatic carbocycles. The summed E-state index contributed by atoms with van der Waals surface area (Å²) < 4.78 is 16.2. The summed E-state index contributed by atoms with van der Waals surface area (Å²) in [5, 5.41) is 0. The molecule has 1 atom stereocenters. The Balaban J connectivity index is 2.20. The highest BCUT2D eigenvalue weighted by atomic mass is 16.6. The Kier molecular flexibility index (Phi) is 6.15. The predicted molar refractivity (Wildman–Crippen MR) is 90.6 cm³/mol. The van der Waals surface area contributed by atoms with Gasteiger partial charge in [-0.1, -0.05) is 24.3 Å². The summed E-state index contributed by atoms with van der Waals surface area (Å²) in [6.07, 6.45) is 4.03. The van der Waals surface area contributed by atoms with Crippen molar-refractivity contribution in [2.75, 3.05) is 7.11 Å². The fourth-order valence-electron chi connectivity index (χ4n) is 2.63. The van der Waals surface area contributed by atoms with Gasteiger partial charge in [0.15, 0.2) is 0 Å². The lowest BCUT2D eigenvalue weighted by atomic mass is 9.90. The Bertz CT molecular complexity index is 644. The van der Waals surface area contributed by atoms with Crippen LogP contribution >= 0.6 is 0 Å². The molecule has 5 heteroatoms. The van der Waals surface area contributed by atoms with E-state index in [1.54, 1.807) is 19.6 Å². The molecular weight excluding hydrogens is 306 g/mol. The molecule has 0 bridgehead atoms. The second-order valence-corrected chi connectivity index (χ2v) is 6.68. The first-order chi connectivity index (χ1) is 11.4. The summed E-state index contributed by atoms with van der Waals surface area (Å²) in [5.41, 5.74) is 1.64. The third kappa shape index (κ3) is 5.20. The number of esters is 1. The minimum atomic E-state index is -0.483. The molecule has 5 nitrogen and oxygen atoms in total. The number of ether oxygens (including phenoxy) is 2. The van der Waals surface area contributed by atoms with Crippen molar-refractivity contribution in [1.82, 2.24) is 4.98 Å². The first-order valence-electron chi connectivity index (χ1n) is 8.08. The van der Waals surface area contributed by atoms with Crippen LogP contribution in [0.25, 0.3) is 0 Å². The highest BCUT2D eigenvalue weighted by Crippen LogP contribution is 2.31. The molecule has 1 unspecified atom stereocenters. The van der Waals surface area contributed by atoms with Gasteiger partial charge in [-0.25, -0.2) is 4.98 Å². The van der Waals surface area contributed by atoms with Crippen LogP contribution in [0.2, 0.25) is 0 Å². The molecule has 1 heterocycles. The van der Waals surface area contributed by atoms with E-state index in [-0.39, 0.29) is 11.9 Å². The molecule has 0 fully saturated rings. The number of oxazole rings is 1. The Hall–Kier alpha value is -2.14. The molecule has 0 amide bonds. The maximum atomic E-state index is 12.1. The Labute approximate surface area is 143 Å². The Morgan fingerprint density at radius 1 is 1.29 bits per heavy atom. The molecule has 1 aromatic heterocycles. The number of carbonyl (C=O) groups is 1. The molecule has 0 aliphatic heterocycles. The second-order valence-electron chi connectivity index (χ2n) is 6.68. The van der Waals surface area contributed by atoms with E-state index in [1.807, 2.05) is 45.0 Å². The molecule has 2 rings (SSSR count). The predicted octanol–water partition coefficient (Wildman–Crippen LogP) is 4.07. The minimum absolute atomic E-state index is 0.112. The highest BCUT2D eigenvalue weighted by molar-refractivity contribution is 5.70. The van der Waals surface area contributed by atoms with Gasteiger partial charge < -0.3 is 13.9 Å². The molecule has 24 heavy (non-hydrogen) atoms. The number of nitrogens with zero attached hydrogens (tertiary/aromatic N) is 1. The van der Waals surface area contributed by atoms with Crippen molar-refractivity contribution >= 4 is 5.97 Å². The summed E-state index contributed by atoms with van der Waals surface area (Å²) in [7, 11) is 1.66. The number of methoxy groups -OCH3 is 1. The van der Waals surface area contributed by atoms with Crippen molar-refractivity contribution < 1.29 is 18.7 Å². The molecular formula is C19H25NO4. The average molecular weight is 331 g/mol. The number of hydrogen-bond acceptors (Lipinski definition) is 5. The van der Waals surface area contributed by atoms with Crippen LogP contribution in [0.15, 0.2) is 41.1 Å². The third-order valence-corrected chi connectivity index (χ3v) is 3.54. The van der Waals surface area contributed by atoms with Crippen LogP contribution in [0.5, 0.6) is 0 Å². The molecule has 0 spiro atoms. The van der Waals surface area contributed by atoms with Crippen LogP contribution in [0.3, 0.4) is 0 Å². The largest absolute Gasteiger partial charge is 0.460 e. The van der Waals surface area contributed by atoms with E-state index >= 15 is 0 Å². The molecule has 130 valence electrons. The number of aromatic nitrogens is 1. The number of carbonyl (C=O) groups excluding carboxylic acids is 1. The summed E-state index contributed by atoms with van der Waals surface area (Å²) in [6, 6.07) is 7.98. The fraction of sp³-hybridized carbons (Fsp3) is 0.474. The lowest BCUT2D eigenvalue weighted by Gasteiger charge is -2.21. The van der Waals surface area contributed by atoms with Crippen molar-refractivity contribution in [1.29, 1.82) is 0 Å². The lowest BCUT2D eigenvalue weighted by Crippen LogP contribution is -2.24. The van der Waals surface area contributed by atoms with E-state index in [0.29, 0.717) is 25.3 Å². The van der Waals surface area contributed by atoms with Crippen molar-refractivity contribution in [2.45, 2.75) is 51.7 Å². The zero-order valence-electron chi connectivity index (χ0n) is 14.7. The van der Waals surface area contributed by atoms with Crippen LogP contribution in [0.4, 0.5) is 0 Å². The number of hydrogen-bond donors (Lipinski definition) is 0. The van der Waals surface area contributed by atoms with Gasteiger partial charge in [-0.05, 0) is 38.3 Å². The quantitative estimate of drug-likeness (QED) is 0.716. The lowest BCUT2D eigenvalue weighted by molar-refractivity contribution is -0.154. The van der Waals surface area contributed by atoms with Gasteiger partial charge in [-0.15, -0.1) is 0 Å². The zero-order chi connectivity index (χ0) is 17.6. The van der Waals surface area contributed by atoms with E-state index < -0.39 is 5.60 Å². The normalized spacial score (nSPS) is 12.8. The average Bonchev–Trinajstić information content (AvgIpc) is 3.01. The van der Waals surface area contributed by atoms with Crippen LogP contribution in [0, 0.1) is 0 Å². The zero-order valence-corrected chi connectivity index (χ0v) is 14.7. The van der Waals surface area contributed by atoms with Crippen molar-refractivity contribution in [3.63, 3.8) is 0 Å². The van der Waals surface area contributed by atoms with E-state index in [2.05, 4.69) is 4.98 Å². The smallest absolute Gasteiger partial charge is 0.306 e. The first kappa shape index (κ1) is 18.2. The maximum Gasteiger partial charge on any atom is 0.306 e. The molecule has 0 N–H and O–H groups in total. The van der Waals surface area contributed by atoms with E-state index in [9.17, 15) is 4.79 Å². The van der Waals surface area contributed by atoms with Crippen molar-refractivity contribution in [3.05, 3.63) is 53.7 Å². The number of benzene rings is 1. The van der Waals surface area contributed by atoms with Gasteiger partial charge >= 0.3 is 5.97 Å². The highest BCUT2D eigenvalue weighted by Gasteiger charge is 2.24. The van der Waals surface area contributed by atoms with Gasteiger partial charge in [-0.3, -0.25) is 4.79 Å². The summed E-state index contributed by atoms with van der Waals surface area (Å²) >= 11 is 0. The van der Waals surface area contributed by atoms with E-state index in [1.165, 1.54) is 0 Å². The number of rotatable bonds is 7. The maximum absolute atomic E-state index is 12.1.